The highest BCUT2D eigenvalue weighted by Gasteiger charge is 2.28. The van der Waals surface area contributed by atoms with E-state index in [-0.39, 0.29) is 12.5 Å². The minimum absolute atomic E-state index is 0.0802. The molecule has 2 rings (SSSR count). The number of fused-ring (bicyclic) bond motifs is 1. The number of carbonyl (C=O) groups is 1. The quantitative estimate of drug-likeness (QED) is 0.842. The van der Waals surface area contributed by atoms with E-state index in [0.29, 0.717) is 23.9 Å². The predicted molar refractivity (Wildman–Crippen MR) is 70.9 cm³/mol. The molecule has 0 fully saturated rings. The fourth-order valence-electron chi connectivity index (χ4n) is 2.01. The molecule has 1 amide bonds. The van der Waals surface area contributed by atoms with Crippen LogP contribution in [0.5, 0.6) is 0 Å². The first-order chi connectivity index (χ1) is 9.15. The molecule has 0 saturated heterocycles. The van der Waals surface area contributed by atoms with Crippen molar-refractivity contribution in [3.63, 3.8) is 0 Å². The molecule has 19 heavy (non-hydrogen) atoms. The second kappa shape index (κ2) is 5.36. The van der Waals surface area contributed by atoms with Gasteiger partial charge in [0.15, 0.2) is 0 Å². The Morgan fingerprint density at radius 2 is 2.16 bits per heavy atom. The summed E-state index contributed by atoms with van der Waals surface area (Å²) < 4.78 is 1.60. The van der Waals surface area contributed by atoms with E-state index in [4.69, 9.17) is 0 Å². The lowest BCUT2D eigenvalue weighted by Gasteiger charge is -2.30. The van der Waals surface area contributed by atoms with Crippen LogP contribution in [0.2, 0.25) is 0 Å². The van der Waals surface area contributed by atoms with Gasteiger partial charge in [-0.25, -0.2) is 4.52 Å². The second-order valence-electron chi connectivity index (χ2n) is 4.56. The van der Waals surface area contributed by atoms with E-state index in [0.717, 1.165) is 0 Å². The minimum atomic E-state index is -0.576. The molecule has 0 aliphatic carbocycles. The zero-order chi connectivity index (χ0) is 13.9. The van der Waals surface area contributed by atoms with Crippen molar-refractivity contribution in [1.82, 2.24) is 19.9 Å². The van der Waals surface area contributed by atoms with Crippen LogP contribution in [0, 0.1) is 0 Å². The van der Waals surface area contributed by atoms with Gasteiger partial charge in [0.25, 0.3) is 5.91 Å². The Morgan fingerprint density at radius 3 is 2.79 bits per heavy atom. The summed E-state index contributed by atoms with van der Waals surface area (Å²) in [5, 5.41) is 16.5. The Balaban J connectivity index is 2.29. The molecule has 0 aromatic carbocycles. The average molecular weight is 262 g/mol. The molecule has 0 aliphatic rings. The highest BCUT2D eigenvalue weighted by molar-refractivity contribution is 6.00. The summed E-state index contributed by atoms with van der Waals surface area (Å²) in [4.78, 5) is 16.3. The van der Waals surface area contributed by atoms with Gasteiger partial charge in [0.1, 0.15) is 0 Å². The lowest BCUT2D eigenvalue weighted by Crippen LogP contribution is -2.50. The fraction of sp³-hybridized carbons (Fsp3) is 0.462. The van der Waals surface area contributed by atoms with Crippen LogP contribution in [-0.2, 0) is 0 Å². The van der Waals surface area contributed by atoms with Gasteiger partial charge < -0.3 is 10.4 Å². The third kappa shape index (κ3) is 2.44. The van der Waals surface area contributed by atoms with Crippen molar-refractivity contribution in [2.24, 2.45) is 0 Å². The number of nitrogens with zero attached hydrogens (tertiary/aromatic N) is 3. The summed E-state index contributed by atoms with van der Waals surface area (Å²) in [5.74, 6) is -0.235. The van der Waals surface area contributed by atoms with Gasteiger partial charge in [-0.15, -0.1) is 0 Å². The van der Waals surface area contributed by atoms with Crippen LogP contribution in [0.1, 0.15) is 37.0 Å². The highest BCUT2D eigenvalue weighted by atomic mass is 16.3. The van der Waals surface area contributed by atoms with Gasteiger partial charge in [-0.05, 0) is 12.8 Å². The lowest BCUT2D eigenvalue weighted by molar-refractivity contribution is 0.0819. The average Bonchev–Trinajstić information content (AvgIpc) is 2.89. The normalized spacial score (nSPS) is 11.7. The molecule has 0 unspecified atom stereocenters. The Morgan fingerprint density at radius 1 is 1.42 bits per heavy atom. The van der Waals surface area contributed by atoms with Gasteiger partial charge in [0.05, 0.1) is 35.6 Å². The van der Waals surface area contributed by atoms with Gasteiger partial charge in [-0.1, -0.05) is 13.8 Å². The molecule has 102 valence electrons. The molecule has 0 bridgehead atoms. The Bertz CT molecular complexity index is 567. The first-order valence-corrected chi connectivity index (χ1v) is 6.36. The molecular weight excluding hydrogens is 244 g/mol. The fourth-order valence-corrected chi connectivity index (χ4v) is 2.01. The molecular formula is C13H18N4O2. The molecule has 0 aliphatic heterocycles. The van der Waals surface area contributed by atoms with Gasteiger partial charge in [0.2, 0.25) is 0 Å². The van der Waals surface area contributed by atoms with Crippen LogP contribution >= 0.6 is 0 Å². The molecule has 0 radical (unpaired) electrons. The number of aliphatic hydroxyl groups excluding tert-OH is 1. The summed E-state index contributed by atoms with van der Waals surface area (Å²) in [6.07, 6.45) is 7.75. The van der Waals surface area contributed by atoms with E-state index in [1.807, 2.05) is 13.8 Å². The monoisotopic (exact) mass is 262 g/mol. The summed E-state index contributed by atoms with van der Waals surface area (Å²) in [5.41, 5.74) is 0.542. The summed E-state index contributed by atoms with van der Waals surface area (Å²) in [6, 6.07) is 0. The maximum Gasteiger partial charge on any atom is 0.255 e. The molecule has 2 aromatic rings. The van der Waals surface area contributed by atoms with Crippen LogP contribution in [0.15, 0.2) is 24.8 Å². The first kappa shape index (κ1) is 13.5. The molecule has 0 spiro atoms. The summed E-state index contributed by atoms with van der Waals surface area (Å²) in [6.45, 7) is 3.80. The Hall–Kier alpha value is -1.95. The SMILES string of the molecule is CCC(CC)(CO)NC(=O)c1cnn2ccncc12. The molecule has 2 heterocycles. The number of carbonyl (C=O) groups excluding carboxylic acids is 1. The zero-order valence-corrected chi connectivity index (χ0v) is 11.1. The van der Waals surface area contributed by atoms with Gasteiger partial charge >= 0.3 is 0 Å². The molecule has 6 heteroatoms. The predicted octanol–water partition coefficient (Wildman–Crippen LogP) is 1.01. The molecule has 0 saturated carbocycles. The van der Waals surface area contributed by atoms with Crippen molar-refractivity contribution in [3.8, 4) is 0 Å². The van der Waals surface area contributed by atoms with E-state index in [1.165, 1.54) is 6.20 Å². The van der Waals surface area contributed by atoms with Crippen molar-refractivity contribution < 1.29 is 9.90 Å². The van der Waals surface area contributed by atoms with E-state index in [1.54, 1.807) is 23.1 Å². The topological polar surface area (TPSA) is 79.5 Å². The zero-order valence-electron chi connectivity index (χ0n) is 11.1. The van der Waals surface area contributed by atoms with Gasteiger partial charge in [-0.2, -0.15) is 5.10 Å². The van der Waals surface area contributed by atoms with Crippen LogP contribution in [-0.4, -0.2) is 37.8 Å². The molecule has 2 N–H and O–H groups in total. The molecule has 2 aromatic heterocycles. The maximum atomic E-state index is 12.3. The Labute approximate surface area is 111 Å². The van der Waals surface area contributed by atoms with E-state index >= 15 is 0 Å². The number of hydrogen-bond acceptors (Lipinski definition) is 4. The maximum absolute atomic E-state index is 12.3. The number of aromatic nitrogens is 3. The van der Waals surface area contributed by atoms with Gasteiger partial charge in [0, 0.05) is 12.4 Å². The van der Waals surface area contributed by atoms with Crippen LogP contribution in [0.25, 0.3) is 5.52 Å². The highest BCUT2D eigenvalue weighted by Crippen LogP contribution is 2.16. The van der Waals surface area contributed by atoms with Crippen molar-refractivity contribution in [3.05, 3.63) is 30.4 Å². The summed E-state index contributed by atoms with van der Waals surface area (Å²) in [7, 11) is 0. The molecule has 0 atom stereocenters. The van der Waals surface area contributed by atoms with Crippen molar-refractivity contribution in [1.29, 1.82) is 0 Å². The van der Waals surface area contributed by atoms with Crippen molar-refractivity contribution in [2.45, 2.75) is 32.2 Å². The second-order valence-corrected chi connectivity index (χ2v) is 4.56. The van der Waals surface area contributed by atoms with Gasteiger partial charge in [-0.3, -0.25) is 9.78 Å². The summed E-state index contributed by atoms with van der Waals surface area (Å²) >= 11 is 0. The van der Waals surface area contributed by atoms with E-state index < -0.39 is 5.54 Å². The number of hydrogen-bond donors (Lipinski definition) is 2. The minimum Gasteiger partial charge on any atom is -0.394 e. The van der Waals surface area contributed by atoms with E-state index in [9.17, 15) is 9.90 Å². The van der Waals surface area contributed by atoms with Crippen LogP contribution < -0.4 is 5.32 Å². The van der Waals surface area contributed by atoms with Crippen molar-refractivity contribution >= 4 is 11.4 Å². The smallest absolute Gasteiger partial charge is 0.255 e. The van der Waals surface area contributed by atoms with Crippen LogP contribution in [0.3, 0.4) is 0 Å². The number of rotatable bonds is 5. The Kier molecular flexibility index (Phi) is 3.80. The van der Waals surface area contributed by atoms with E-state index in [2.05, 4.69) is 15.4 Å². The third-order valence-electron chi connectivity index (χ3n) is 3.60. The number of aliphatic hydroxyl groups is 1. The third-order valence-corrected chi connectivity index (χ3v) is 3.60. The lowest BCUT2D eigenvalue weighted by atomic mass is 9.93. The standard InChI is InChI=1S/C13H18N4O2/c1-3-13(4-2,9-18)16-12(19)10-7-15-17-6-5-14-8-11(10)17/h5-8,18H,3-4,9H2,1-2H3,(H,16,19). The first-order valence-electron chi connectivity index (χ1n) is 6.36. The van der Waals surface area contributed by atoms with Crippen LogP contribution in [0.4, 0.5) is 0 Å². The van der Waals surface area contributed by atoms with Crippen molar-refractivity contribution in [2.75, 3.05) is 6.61 Å². The molecule has 6 nitrogen and oxygen atoms in total. The number of amides is 1. The largest absolute Gasteiger partial charge is 0.394 e. The number of nitrogens with one attached hydrogen (secondary N) is 1.